The van der Waals surface area contributed by atoms with E-state index in [9.17, 15) is 0 Å². The lowest BCUT2D eigenvalue weighted by Crippen LogP contribution is -2.21. The third-order valence-electron chi connectivity index (χ3n) is 2.93. The molecule has 0 aliphatic rings. The van der Waals surface area contributed by atoms with Gasteiger partial charge in [0.05, 0.1) is 15.7 Å². The molecule has 0 saturated carbocycles. The molecule has 2 aromatic rings. The molecule has 106 valence electrons. The minimum Gasteiger partial charge on any atom is -0.455 e. The highest BCUT2D eigenvalue weighted by Gasteiger charge is 2.07. The molecule has 0 saturated heterocycles. The molecular weight excluding hydrogens is 340 g/mol. The standard InChI is InChI=1S/C15H16BrClN2O/c1-2-12(18)5-10-3-4-15(14(16)6-10)20-13-7-11(17)8-19-9-13/h3-4,6-9,12H,2,5,18H2,1H3. The van der Waals surface area contributed by atoms with E-state index in [0.717, 1.165) is 23.1 Å². The van der Waals surface area contributed by atoms with Crippen LogP contribution in [0.15, 0.2) is 41.1 Å². The van der Waals surface area contributed by atoms with Gasteiger partial charge in [-0.25, -0.2) is 0 Å². The predicted octanol–water partition coefficient (Wildman–Crippen LogP) is 4.57. The largest absolute Gasteiger partial charge is 0.455 e. The number of ether oxygens (including phenoxy) is 1. The lowest BCUT2D eigenvalue weighted by Gasteiger charge is -2.12. The maximum Gasteiger partial charge on any atom is 0.147 e. The van der Waals surface area contributed by atoms with E-state index in [1.165, 1.54) is 5.56 Å². The summed E-state index contributed by atoms with van der Waals surface area (Å²) < 4.78 is 6.64. The lowest BCUT2D eigenvalue weighted by atomic mass is 10.0. The second kappa shape index (κ2) is 7.07. The molecule has 20 heavy (non-hydrogen) atoms. The number of nitrogens with zero attached hydrogens (tertiary/aromatic N) is 1. The highest BCUT2D eigenvalue weighted by atomic mass is 79.9. The molecule has 0 aliphatic heterocycles. The smallest absolute Gasteiger partial charge is 0.147 e. The fourth-order valence-electron chi connectivity index (χ4n) is 1.78. The molecule has 0 radical (unpaired) electrons. The molecule has 5 heteroatoms. The van der Waals surface area contributed by atoms with Gasteiger partial charge in [0.1, 0.15) is 11.5 Å². The van der Waals surface area contributed by atoms with Crippen molar-refractivity contribution in [1.82, 2.24) is 4.98 Å². The van der Waals surface area contributed by atoms with E-state index < -0.39 is 0 Å². The van der Waals surface area contributed by atoms with Crippen molar-refractivity contribution in [2.24, 2.45) is 5.73 Å². The van der Waals surface area contributed by atoms with Gasteiger partial charge in [-0.15, -0.1) is 0 Å². The Balaban J connectivity index is 2.13. The Labute approximate surface area is 132 Å². The summed E-state index contributed by atoms with van der Waals surface area (Å²) in [6.45, 7) is 2.09. The number of benzene rings is 1. The molecule has 2 N–H and O–H groups in total. The van der Waals surface area contributed by atoms with Crippen molar-refractivity contribution in [2.75, 3.05) is 0 Å². The highest BCUT2D eigenvalue weighted by Crippen LogP contribution is 2.31. The van der Waals surface area contributed by atoms with Gasteiger partial charge in [0.2, 0.25) is 0 Å². The molecule has 1 aromatic heterocycles. The highest BCUT2D eigenvalue weighted by molar-refractivity contribution is 9.10. The van der Waals surface area contributed by atoms with Crippen LogP contribution in [-0.2, 0) is 6.42 Å². The number of hydrogen-bond donors (Lipinski definition) is 1. The van der Waals surface area contributed by atoms with Crippen LogP contribution in [-0.4, -0.2) is 11.0 Å². The van der Waals surface area contributed by atoms with Crippen LogP contribution < -0.4 is 10.5 Å². The molecule has 1 atom stereocenters. The normalized spacial score (nSPS) is 12.2. The SMILES string of the molecule is CCC(N)Cc1ccc(Oc2cncc(Cl)c2)c(Br)c1. The van der Waals surface area contributed by atoms with E-state index >= 15 is 0 Å². The quantitative estimate of drug-likeness (QED) is 0.854. The third kappa shape index (κ3) is 4.20. The van der Waals surface area contributed by atoms with E-state index in [-0.39, 0.29) is 6.04 Å². The van der Waals surface area contributed by atoms with Gasteiger partial charge in [-0.2, -0.15) is 0 Å². The molecule has 2 rings (SSSR count). The fraction of sp³-hybridized carbons (Fsp3) is 0.267. The van der Waals surface area contributed by atoms with Crippen molar-refractivity contribution < 1.29 is 4.74 Å². The van der Waals surface area contributed by atoms with Crippen LogP contribution in [0.3, 0.4) is 0 Å². The van der Waals surface area contributed by atoms with Gasteiger partial charge < -0.3 is 10.5 Å². The average molecular weight is 356 g/mol. The summed E-state index contributed by atoms with van der Waals surface area (Å²) >= 11 is 9.40. The Morgan fingerprint density at radius 2 is 2.15 bits per heavy atom. The molecule has 0 fully saturated rings. The van der Waals surface area contributed by atoms with Gasteiger partial charge in [-0.3, -0.25) is 4.98 Å². The summed E-state index contributed by atoms with van der Waals surface area (Å²) in [7, 11) is 0. The Kier molecular flexibility index (Phi) is 5.40. The molecule has 1 heterocycles. The summed E-state index contributed by atoms with van der Waals surface area (Å²) in [4.78, 5) is 3.99. The molecule has 1 aromatic carbocycles. The van der Waals surface area contributed by atoms with Crippen molar-refractivity contribution in [3.63, 3.8) is 0 Å². The van der Waals surface area contributed by atoms with Crippen LogP contribution in [0, 0.1) is 0 Å². The minimum atomic E-state index is 0.186. The minimum absolute atomic E-state index is 0.186. The van der Waals surface area contributed by atoms with Crippen LogP contribution in [0.1, 0.15) is 18.9 Å². The van der Waals surface area contributed by atoms with Crippen LogP contribution in [0.4, 0.5) is 0 Å². The predicted molar refractivity (Wildman–Crippen MR) is 85.4 cm³/mol. The average Bonchev–Trinajstić information content (AvgIpc) is 2.42. The van der Waals surface area contributed by atoms with Crippen molar-refractivity contribution in [3.05, 3.63) is 51.7 Å². The Hall–Kier alpha value is -1.10. The topological polar surface area (TPSA) is 48.1 Å². The van der Waals surface area contributed by atoms with Crippen LogP contribution >= 0.6 is 27.5 Å². The van der Waals surface area contributed by atoms with Crippen LogP contribution in [0.25, 0.3) is 0 Å². The summed E-state index contributed by atoms with van der Waals surface area (Å²) in [5, 5.41) is 0.546. The maximum atomic E-state index is 5.96. The molecular formula is C15H16BrClN2O. The van der Waals surface area contributed by atoms with Gasteiger partial charge >= 0.3 is 0 Å². The van der Waals surface area contributed by atoms with E-state index in [4.69, 9.17) is 22.1 Å². The number of nitrogens with two attached hydrogens (primary N) is 1. The Bertz CT molecular complexity index is 592. The van der Waals surface area contributed by atoms with Crippen LogP contribution in [0.5, 0.6) is 11.5 Å². The maximum absolute atomic E-state index is 5.96. The summed E-state index contributed by atoms with van der Waals surface area (Å²) in [6.07, 6.45) is 5.01. The van der Waals surface area contributed by atoms with Gasteiger partial charge in [0.15, 0.2) is 0 Å². The van der Waals surface area contributed by atoms with Gasteiger partial charge in [0.25, 0.3) is 0 Å². The monoisotopic (exact) mass is 354 g/mol. The van der Waals surface area contributed by atoms with E-state index in [0.29, 0.717) is 10.8 Å². The first-order chi connectivity index (χ1) is 9.58. The van der Waals surface area contributed by atoms with Crippen molar-refractivity contribution in [3.8, 4) is 11.5 Å². The summed E-state index contributed by atoms with van der Waals surface area (Å²) in [5.74, 6) is 1.33. The van der Waals surface area contributed by atoms with E-state index in [1.807, 2.05) is 18.2 Å². The van der Waals surface area contributed by atoms with Crippen molar-refractivity contribution >= 4 is 27.5 Å². The second-order valence-corrected chi connectivity index (χ2v) is 5.87. The zero-order chi connectivity index (χ0) is 14.5. The molecule has 3 nitrogen and oxygen atoms in total. The summed E-state index contributed by atoms with van der Waals surface area (Å²) in [6, 6.07) is 7.88. The molecule has 0 bridgehead atoms. The molecule has 1 unspecified atom stereocenters. The molecule has 0 spiro atoms. The van der Waals surface area contributed by atoms with Gasteiger partial charge in [-0.05, 0) is 46.5 Å². The van der Waals surface area contributed by atoms with Crippen LogP contribution in [0.2, 0.25) is 5.02 Å². The zero-order valence-electron chi connectivity index (χ0n) is 11.1. The molecule has 0 amide bonds. The van der Waals surface area contributed by atoms with Gasteiger partial charge in [0, 0.05) is 18.3 Å². The Morgan fingerprint density at radius 3 is 2.80 bits per heavy atom. The number of halogens is 2. The zero-order valence-corrected chi connectivity index (χ0v) is 13.5. The number of pyridine rings is 1. The number of aromatic nitrogens is 1. The number of rotatable bonds is 5. The van der Waals surface area contributed by atoms with E-state index in [2.05, 4.69) is 27.8 Å². The van der Waals surface area contributed by atoms with Crippen molar-refractivity contribution in [1.29, 1.82) is 0 Å². The lowest BCUT2D eigenvalue weighted by molar-refractivity contribution is 0.477. The number of hydrogen-bond acceptors (Lipinski definition) is 3. The first-order valence-corrected chi connectivity index (χ1v) is 7.58. The fourth-order valence-corrected chi connectivity index (χ4v) is 2.45. The molecule has 0 aliphatic carbocycles. The second-order valence-electron chi connectivity index (χ2n) is 4.58. The Morgan fingerprint density at radius 1 is 1.35 bits per heavy atom. The third-order valence-corrected chi connectivity index (χ3v) is 3.75. The van der Waals surface area contributed by atoms with Crippen molar-refractivity contribution in [2.45, 2.75) is 25.8 Å². The van der Waals surface area contributed by atoms with E-state index in [1.54, 1.807) is 18.5 Å². The summed E-state index contributed by atoms with van der Waals surface area (Å²) in [5.41, 5.74) is 7.15. The van der Waals surface area contributed by atoms with Gasteiger partial charge in [-0.1, -0.05) is 24.6 Å². The first-order valence-electron chi connectivity index (χ1n) is 6.41. The first kappa shape index (κ1) is 15.3.